The second-order valence-electron chi connectivity index (χ2n) is 5.93. The van der Waals surface area contributed by atoms with Crippen molar-refractivity contribution in [3.8, 4) is 0 Å². The van der Waals surface area contributed by atoms with Gasteiger partial charge in [-0.15, -0.1) is 11.6 Å². The molecule has 0 N–H and O–H groups in total. The molecule has 1 atom stereocenters. The van der Waals surface area contributed by atoms with Gasteiger partial charge < -0.3 is 4.57 Å². The van der Waals surface area contributed by atoms with Crippen molar-refractivity contribution < 1.29 is 0 Å². The highest BCUT2D eigenvalue weighted by atomic mass is 35.5. The van der Waals surface area contributed by atoms with Crippen LogP contribution in [0, 0.1) is 6.92 Å². The second kappa shape index (κ2) is 4.76. The van der Waals surface area contributed by atoms with Gasteiger partial charge in [-0.1, -0.05) is 6.92 Å². The summed E-state index contributed by atoms with van der Waals surface area (Å²) in [5, 5.41) is 4.55. The summed E-state index contributed by atoms with van der Waals surface area (Å²) in [4.78, 5) is 4.82. The van der Waals surface area contributed by atoms with Gasteiger partial charge in [-0.3, -0.25) is 0 Å². The van der Waals surface area contributed by atoms with Crippen molar-refractivity contribution >= 4 is 22.8 Å². The highest BCUT2D eigenvalue weighted by molar-refractivity contribution is 6.20. The van der Waals surface area contributed by atoms with E-state index >= 15 is 0 Å². The van der Waals surface area contributed by atoms with Crippen molar-refractivity contribution in [3.05, 3.63) is 11.5 Å². The van der Waals surface area contributed by atoms with Crippen LogP contribution in [0.4, 0.5) is 0 Å². The standard InChI is InChI=1S/C15H23ClN4/c1-5-15(8-7-9-15)20-13(10(3)16)17-12-11(4)18-19(6-2)14(12)20/h10H,5-9H2,1-4H3. The first-order valence-electron chi connectivity index (χ1n) is 7.64. The SMILES string of the molecule is CCn1nc(C)c2nc(C(C)Cl)n(C3(CC)CCC3)c21. The lowest BCUT2D eigenvalue weighted by molar-refractivity contribution is 0.135. The Morgan fingerprint density at radius 3 is 2.50 bits per heavy atom. The van der Waals surface area contributed by atoms with Crippen LogP contribution < -0.4 is 0 Å². The Morgan fingerprint density at radius 2 is 2.05 bits per heavy atom. The number of hydrogen-bond acceptors (Lipinski definition) is 2. The molecule has 0 saturated heterocycles. The van der Waals surface area contributed by atoms with Crippen LogP contribution in [0.15, 0.2) is 0 Å². The molecule has 0 aromatic carbocycles. The highest BCUT2D eigenvalue weighted by Crippen LogP contribution is 2.46. The quantitative estimate of drug-likeness (QED) is 0.794. The van der Waals surface area contributed by atoms with Crippen molar-refractivity contribution in [1.82, 2.24) is 19.3 Å². The summed E-state index contributed by atoms with van der Waals surface area (Å²) in [5.41, 5.74) is 3.39. The van der Waals surface area contributed by atoms with Crippen LogP contribution in [-0.2, 0) is 12.1 Å². The Kier molecular flexibility index (Phi) is 3.32. The molecule has 110 valence electrons. The summed E-state index contributed by atoms with van der Waals surface area (Å²) in [6.45, 7) is 9.32. The fraction of sp³-hybridized carbons (Fsp3) is 0.733. The Labute approximate surface area is 125 Å². The number of alkyl halides is 1. The third-order valence-corrected chi connectivity index (χ3v) is 5.00. The van der Waals surface area contributed by atoms with E-state index in [1.165, 1.54) is 19.3 Å². The summed E-state index contributed by atoms with van der Waals surface area (Å²) in [6.07, 6.45) is 4.87. The van der Waals surface area contributed by atoms with Crippen molar-refractivity contribution in [3.63, 3.8) is 0 Å². The largest absolute Gasteiger partial charge is 0.305 e. The third-order valence-electron chi connectivity index (χ3n) is 4.81. The molecule has 1 aliphatic rings. The van der Waals surface area contributed by atoms with Crippen LogP contribution in [0.3, 0.4) is 0 Å². The average molecular weight is 295 g/mol. The zero-order valence-electron chi connectivity index (χ0n) is 12.8. The summed E-state index contributed by atoms with van der Waals surface area (Å²) in [7, 11) is 0. The van der Waals surface area contributed by atoms with Gasteiger partial charge in [0.05, 0.1) is 11.1 Å². The maximum absolute atomic E-state index is 6.42. The van der Waals surface area contributed by atoms with E-state index in [-0.39, 0.29) is 10.9 Å². The van der Waals surface area contributed by atoms with Gasteiger partial charge in [0.25, 0.3) is 0 Å². The third kappa shape index (κ3) is 1.73. The van der Waals surface area contributed by atoms with Gasteiger partial charge in [0.15, 0.2) is 5.65 Å². The minimum atomic E-state index is -0.0730. The zero-order chi connectivity index (χ0) is 14.5. The zero-order valence-corrected chi connectivity index (χ0v) is 13.5. The number of hydrogen-bond donors (Lipinski definition) is 0. The summed E-state index contributed by atoms with van der Waals surface area (Å²) >= 11 is 6.42. The minimum absolute atomic E-state index is 0.0730. The lowest BCUT2D eigenvalue weighted by atomic mass is 9.74. The summed E-state index contributed by atoms with van der Waals surface area (Å²) < 4.78 is 4.49. The molecule has 0 amide bonds. The first kappa shape index (κ1) is 13.9. The lowest BCUT2D eigenvalue weighted by Gasteiger charge is -2.44. The van der Waals surface area contributed by atoms with E-state index in [2.05, 4.69) is 28.2 Å². The van der Waals surface area contributed by atoms with Crippen LogP contribution in [0.25, 0.3) is 11.2 Å². The van der Waals surface area contributed by atoms with E-state index in [9.17, 15) is 0 Å². The number of aryl methyl sites for hydroxylation is 2. The van der Waals surface area contributed by atoms with Gasteiger partial charge in [-0.2, -0.15) is 5.10 Å². The molecule has 4 nitrogen and oxygen atoms in total. The van der Waals surface area contributed by atoms with Crippen LogP contribution in [0.1, 0.15) is 63.3 Å². The number of fused-ring (bicyclic) bond motifs is 1. The molecule has 0 radical (unpaired) electrons. The lowest BCUT2D eigenvalue weighted by Crippen LogP contribution is -2.41. The van der Waals surface area contributed by atoms with Crippen LogP contribution >= 0.6 is 11.6 Å². The fourth-order valence-corrected chi connectivity index (χ4v) is 3.61. The molecule has 2 aromatic rings. The number of nitrogens with zero attached hydrogens (tertiary/aromatic N) is 4. The van der Waals surface area contributed by atoms with Gasteiger partial charge in [-0.25, -0.2) is 9.67 Å². The van der Waals surface area contributed by atoms with Crippen molar-refractivity contribution in [2.75, 3.05) is 0 Å². The molecule has 1 unspecified atom stereocenters. The summed E-state index contributed by atoms with van der Waals surface area (Å²) in [6, 6.07) is 0. The van der Waals surface area contributed by atoms with E-state index in [1.807, 2.05) is 13.8 Å². The molecule has 1 fully saturated rings. The Morgan fingerprint density at radius 1 is 1.35 bits per heavy atom. The van der Waals surface area contributed by atoms with Gasteiger partial charge in [0.2, 0.25) is 0 Å². The first-order chi connectivity index (χ1) is 9.54. The topological polar surface area (TPSA) is 35.6 Å². The second-order valence-corrected chi connectivity index (χ2v) is 6.58. The Hall–Kier alpha value is -1.03. The van der Waals surface area contributed by atoms with Crippen LogP contribution in [0.5, 0.6) is 0 Å². The Balaban J connectivity index is 2.33. The smallest absolute Gasteiger partial charge is 0.159 e. The van der Waals surface area contributed by atoms with Gasteiger partial charge in [0.1, 0.15) is 11.3 Å². The molecule has 0 bridgehead atoms. The minimum Gasteiger partial charge on any atom is -0.305 e. The molecule has 0 aliphatic heterocycles. The molecule has 2 heterocycles. The number of halogens is 1. The normalized spacial score (nSPS) is 19.2. The Bertz CT molecular complexity index is 628. The van der Waals surface area contributed by atoms with Gasteiger partial charge >= 0.3 is 0 Å². The molecular weight excluding hydrogens is 272 g/mol. The van der Waals surface area contributed by atoms with Crippen molar-refractivity contribution in [2.24, 2.45) is 0 Å². The molecule has 5 heteroatoms. The number of aromatic nitrogens is 4. The predicted octanol–water partition coefficient (Wildman–Crippen LogP) is 4.15. The molecule has 1 saturated carbocycles. The van der Waals surface area contributed by atoms with E-state index in [1.54, 1.807) is 0 Å². The van der Waals surface area contributed by atoms with E-state index in [0.29, 0.717) is 0 Å². The maximum Gasteiger partial charge on any atom is 0.159 e. The fourth-order valence-electron chi connectivity index (χ4n) is 3.46. The van der Waals surface area contributed by atoms with Crippen molar-refractivity contribution in [2.45, 2.75) is 70.8 Å². The van der Waals surface area contributed by atoms with Crippen LogP contribution in [0.2, 0.25) is 0 Å². The predicted molar refractivity (Wildman–Crippen MR) is 82.3 cm³/mol. The molecule has 1 aliphatic carbocycles. The number of rotatable bonds is 4. The monoisotopic (exact) mass is 294 g/mol. The molecular formula is C15H23ClN4. The first-order valence-corrected chi connectivity index (χ1v) is 8.08. The van der Waals surface area contributed by atoms with Gasteiger partial charge in [-0.05, 0) is 46.5 Å². The molecule has 3 rings (SSSR count). The van der Waals surface area contributed by atoms with E-state index in [4.69, 9.17) is 16.6 Å². The van der Waals surface area contributed by atoms with Gasteiger partial charge in [0, 0.05) is 12.1 Å². The van der Waals surface area contributed by atoms with Crippen molar-refractivity contribution in [1.29, 1.82) is 0 Å². The number of imidazole rings is 1. The molecule has 20 heavy (non-hydrogen) atoms. The van der Waals surface area contributed by atoms with E-state index < -0.39 is 0 Å². The summed E-state index contributed by atoms with van der Waals surface area (Å²) in [5.74, 6) is 1.01. The molecule has 0 spiro atoms. The molecule has 2 aromatic heterocycles. The van der Waals surface area contributed by atoms with E-state index in [0.717, 1.165) is 35.6 Å². The maximum atomic E-state index is 6.42. The van der Waals surface area contributed by atoms with Crippen LogP contribution in [-0.4, -0.2) is 19.3 Å². The highest BCUT2D eigenvalue weighted by Gasteiger charge is 2.41. The average Bonchev–Trinajstić information content (AvgIpc) is 2.89.